The minimum Gasteiger partial charge on any atom is -0.424 e. The van der Waals surface area contributed by atoms with E-state index in [0.29, 0.717) is 22.9 Å². The second-order valence-electron chi connectivity index (χ2n) is 4.89. The third-order valence-electron chi connectivity index (χ3n) is 2.95. The van der Waals surface area contributed by atoms with Gasteiger partial charge in [0.15, 0.2) is 5.82 Å². The maximum atomic E-state index is 12.2. The third kappa shape index (κ3) is 3.70. The summed E-state index contributed by atoms with van der Waals surface area (Å²) < 4.78 is 10.5. The van der Waals surface area contributed by atoms with Gasteiger partial charge in [0.2, 0.25) is 0 Å². The lowest BCUT2D eigenvalue weighted by molar-refractivity contribution is 0.102. The van der Waals surface area contributed by atoms with Crippen molar-refractivity contribution in [2.75, 3.05) is 5.32 Å². The zero-order valence-corrected chi connectivity index (χ0v) is 12.6. The van der Waals surface area contributed by atoms with E-state index in [4.69, 9.17) is 9.26 Å². The highest BCUT2D eigenvalue weighted by molar-refractivity contribution is 6.03. The van der Waals surface area contributed by atoms with E-state index < -0.39 is 0 Å². The Bertz CT molecular complexity index is 845. The van der Waals surface area contributed by atoms with Gasteiger partial charge in [-0.15, -0.1) is 0 Å². The predicted molar refractivity (Wildman–Crippen MR) is 82.5 cm³/mol. The summed E-state index contributed by atoms with van der Waals surface area (Å²) in [4.78, 5) is 20.4. The molecule has 0 fully saturated rings. The molecule has 0 aliphatic heterocycles. The van der Waals surface area contributed by atoms with Gasteiger partial charge in [0.1, 0.15) is 11.5 Å². The molecular formula is C16H14N4O3. The molecule has 1 aromatic carbocycles. The summed E-state index contributed by atoms with van der Waals surface area (Å²) in [5, 5.41) is 6.37. The van der Waals surface area contributed by atoms with Crippen molar-refractivity contribution in [2.45, 2.75) is 13.8 Å². The fourth-order valence-corrected chi connectivity index (χ4v) is 1.90. The van der Waals surface area contributed by atoms with Gasteiger partial charge in [-0.05, 0) is 38.1 Å². The van der Waals surface area contributed by atoms with Crippen LogP contribution in [0.15, 0.2) is 47.1 Å². The summed E-state index contributed by atoms with van der Waals surface area (Å²) in [6.45, 7) is 3.59. The number of carbonyl (C=O) groups is 1. The van der Waals surface area contributed by atoms with Gasteiger partial charge < -0.3 is 14.6 Å². The van der Waals surface area contributed by atoms with E-state index >= 15 is 0 Å². The quantitative estimate of drug-likeness (QED) is 0.796. The van der Waals surface area contributed by atoms with Crippen LogP contribution in [0.5, 0.6) is 11.8 Å². The molecule has 0 aliphatic carbocycles. The Labute approximate surface area is 132 Å². The standard InChI is InChI=1S/C16H14N4O3/c1-10-6-7-17-16(18-10)22-13-5-3-4-12(9-13)15(21)19-14-8-11(2)23-20-14/h3-9H,1-2H3,(H,19,20,21). The van der Waals surface area contributed by atoms with Gasteiger partial charge in [-0.25, -0.2) is 9.97 Å². The molecule has 0 unspecified atom stereocenters. The molecule has 116 valence electrons. The van der Waals surface area contributed by atoms with Crippen LogP contribution in [-0.4, -0.2) is 21.0 Å². The molecule has 1 amide bonds. The van der Waals surface area contributed by atoms with Crippen molar-refractivity contribution in [3.05, 3.63) is 59.6 Å². The molecule has 23 heavy (non-hydrogen) atoms. The minimum absolute atomic E-state index is 0.231. The van der Waals surface area contributed by atoms with Crippen molar-refractivity contribution in [3.8, 4) is 11.8 Å². The second kappa shape index (κ2) is 6.27. The number of rotatable bonds is 4. The first kappa shape index (κ1) is 14.7. The molecular weight excluding hydrogens is 296 g/mol. The largest absolute Gasteiger partial charge is 0.424 e. The summed E-state index contributed by atoms with van der Waals surface area (Å²) >= 11 is 0. The Morgan fingerprint density at radius 2 is 2.09 bits per heavy atom. The Balaban J connectivity index is 1.75. The van der Waals surface area contributed by atoms with Crippen LogP contribution in [0.1, 0.15) is 21.8 Å². The van der Waals surface area contributed by atoms with E-state index in [0.717, 1.165) is 5.69 Å². The molecule has 1 N–H and O–H groups in total. The fraction of sp³-hybridized carbons (Fsp3) is 0.125. The number of carbonyl (C=O) groups excluding carboxylic acids is 1. The Kier molecular flexibility index (Phi) is 4.01. The molecule has 7 nitrogen and oxygen atoms in total. The van der Waals surface area contributed by atoms with E-state index in [2.05, 4.69) is 20.4 Å². The monoisotopic (exact) mass is 310 g/mol. The predicted octanol–water partition coefficient (Wildman–Crippen LogP) is 3.13. The van der Waals surface area contributed by atoms with Crippen molar-refractivity contribution in [3.63, 3.8) is 0 Å². The number of anilines is 1. The van der Waals surface area contributed by atoms with Gasteiger partial charge >= 0.3 is 6.01 Å². The van der Waals surface area contributed by atoms with Crippen LogP contribution in [0, 0.1) is 13.8 Å². The highest BCUT2D eigenvalue weighted by Gasteiger charge is 2.10. The van der Waals surface area contributed by atoms with Gasteiger partial charge in [-0.3, -0.25) is 4.79 Å². The highest BCUT2D eigenvalue weighted by atomic mass is 16.5. The van der Waals surface area contributed by atoms with Crippen molar-refractivity contribution >= 4 is 11.7 Å². The number of hydrogen-bond donors (Lipinski definition) is 1. The molecule has 2 aromatic heterocycles. The van der Waals surface area contributed by atoms with Crippen LogP contribution in [0.25, 0.3) is 0 Å². The van der Waals surface area contributed by atoms with Crippen molar-refractivity contribution in [2.24, 2.45) is 0 Å². The number of ether oxygens (including phenoxy) is 1. The van der Waals surface area contributed by atoms with Gasteiger partial charge in [-0.2, -0.15) is 0 Å². The number of nitrogens with zero attached hydrogens (tertiary/aromatic N) is 3. The topological polar surface area (TPSA) is 90.1 Å². The maximum Gasteiger partial charge on any atom is 0.322 e. The summed E-state index contributed by atoms with van der Waals surface area (Å²) in [5.41, 5.74) is 1.22. The lowest BCUT2D eigenvalue weighted by Crippen LogP contribution is -2.12. The fourth-order valence-electron chi connectivity index (χ4n) is 1.90. The summed E-state index contributed by atoms with van der Waals surface area (Å²) in [6.07, 6.45) is 1.61. The molecule has 3 rings (SSSR count). The van der Waals surface area contributed by atoms with E-state index in [1.807, 2.05) is 6.92 Å². The number of aryl methyl sites for hydroxylation is 2. The van der Waals surface area contributed by atoms with Crippen LogP contribution in [0.2, 0.25) is 0 Å². The van der Waals surface area contributed by atoms with Crippen LogP contribution in [-0.2, 0) is 0 Å². The van der Waals surface area contributed by atoms with E-state index in [9.17, 15) is 4.79 Å². The summed E-state index contributed by atoms with van der Waals surface area (Å²) in [6, 6.07) is 10.4. The Morgan fingerprint density at radius 3 is 2.83 bits per heavy atom. The molecule has 0 atom stereocenters. The minimum atomic E-state index is -0.311. The van der Waals surface area contributed by atoms with Crippen molar-refractivity contribution < 1.29 is 14.1 Å². The van der Waals surface area contributed by atoms with Crippen molar-refractivity contribution in [1.82, 2.24) is 15.1 Å². The van der Waals surface area contributed by atoms with Gasteiger partial charge in [-0.1, -0.05) is 11.2 Å². The van der Waals surface area contributed by atoms with Crippen LogP contribution >= 0.6 is 0 Å². The first-order valence-corrected chi connectivity index (χ1v) is 6.92. The smallest absolute Gasteiger partial charge is 0.322 e. The SMILES string of the molecule is Cc1ccnc(Oc2cccc(C(=O)Nc3cc(C)on3)c2)n1. The molecule has 0 saturated heterocycles. The average molecular weight is 310 g/mol. The summed E-state index contributed by atoms with van der Waals surface area (Å²) in [5.74, 6) is 1.14. The van der Waals surface area contributed by atoms with E-state index in [-0.39, 0.29) is 11.9 Å². The first-order valence-electron chi connectivity index (χ1n) is 6.92. The van der Waals surface area contributed by atoms with E-state index in [1.165, 1.54) is 0 Å². The second-order valence-corrected chi connectivity index (χ2v) is 4.89. The number of benzene rings is 1. The molecule has 2 heterocycles. The molecule has 0 aliphatic rings. The molecule has 7 heteroatoms. The van der Waals surface area contributed by atoms with Gasteiger partial charge in [0, 0.05) is 23.5 Å². The zero-order chi connectivity index (χ0) is 16.2. The van der Waals surface area contributed by atoms with Crippen LogP contribution in [0.3, 0.4) is 0 Å². The lowest BCUT2D eigenvalue weighted by atomic mass is 10.2. The Hall–Kier alpha value is -3.22. The highest BCUT2D eigenvalue weighted by Crippen LogP contribution is 2.20. The van der Waals surface area contributed by atoms with Crippen LogP contribution in [0.4, 0.5) is 5.82 Å². The number of nitrogens with one attached hydrogen (secondary N) is 1. The Morgan fingerprint density at radius 1 is 1.22 bits per heavy atom. The normalized spacial score (nSPS) is 10.3. The van der Waals surface area contributed by atoms with Crippen LogP contribution < -0.4 is 10.1 Å². The zero-order valence-electron chi connectivity index (χ0n) is 12.6. The number of amides is 1. The van der Waals surface area contributed by atoms with Gasteiger partial charge in [0.25, 0.3) is 5.91 Å². The molecule has 3 aromatic rings. The molecule has 0 saturated carbocycles. The van der Waals surface area contributed by atoms with E-state index in [1.54, 1.807) is 49.5 Å². The molecule has 0 spiro atoms. The number of hydrogen-bond acceptors (Lipinski definition) is 6. The van der Waals surface area contributed by atoms with Gasteiger partial charge in [0.05, 0.1) is 0 Å². The maximum absolute atomic E-state index is 12.2. The molecule has 0 bridgehead atoms. The average Bonchev–Trinajstić information content (AvgIpc) is 2.92. The lowest BCUT2D eigenvalue weighted by Gasteiger charge is -2.06. The third-order valence-corrected chi connectivity index (χ3v) is 2.95. The summed E-state index contributed by atoms with van der Waals surface area (Å²) in [7, 11) is 0. The number of aromatic nitrogens is 3. The van der Waals surface area contributed by atoms with Crippen molar-refractivity contribution in [1.29, 1.82) is 0 Å². The molecule has 0 radical (unpaired) electrons. The first-order chi connectivity index (χ1) is 11.1.